The van der Waals surface area contributed by atoms with Crippen LogP contribution in [0.3, 0.4) is 0 Å². The monoisotopic (exact) mass is 284 g/mol. The van der Waals surface area contributed by atoms with Crippen LogP contribution in [0.25, 0.3) is 0 Å². The SMILES string of the molecule is CC(CN(Cc1ccccc1)Cc1ccncc1)C(=O)O. The molecule has 1 N–H and O–H groups in total. The Morgan fingerprint density at radius 2 is 1.67 bits per heavy atom. The molecule has 0 spiro atoms. The molecule has 0 fully saturated rings. The third-order valence-electron chi connectivity index (χ3n) is 3.36. The lowest BCUT2D eigenvalue weighted by Crippen LogP contribution is -2.31. The van der Waals surface area contributed by atoms with E-state index in [1.807, 2.05) is 30.3 Å². The molecule has 2 rings (SSSR count). The Kier molecular flexibility index (Phi) is 5.46. The average molecular weight is 284 g/mol. The van der Waals surface area contributed by atoms with Crippen LogP contribution >= 0.6 is 0 Å². The van der Waals surface area contributed by atoms with Crippen LogP contribution in [-0.2, 0) is 17.9 Å². The Morgan fingerprint density at radius 3 is 2.24 bits per heavy atom. The summed E-state index contributed by atoms with van der Waals surface area (Å²) in [5.74, 6) is -1.15. The zero-order valence-corrected chi connectivity index (χ0v) is 12.1. The average Bonchev–Trinajstić information content (AvgIpc) is 2.49. The van der Waals surface area contributed by atoms with Gasteiger partial charge in [-0.3, -0.25) is 14.7 Å². The number of carbonyl (C=O) groups is 1. The molecule has 0 aliphatic rings. The van der Waals surface area contributed by atoms with E-state index in [0.717, 1.165) is 18.7 Å². The maximum absolute atomic E-state index is 11.1. The zero-order chi connectivity index (χ0) is 15.1. The summed E-state index contributed by atoms with van der Waals surface area (Å²) < 4.78 is 0. The smallest absolute Gasteiger partial charge is 0.307 e. The van der Waals surface area contributed by atoms with Gasteiger partial charge in [0.05, 0.1) is 5.92 Å². The third-order valence-corrected chi connectivity index (χ3v) is 3.36. The topological polar surface area (TPSA) is 53.4 Å². The molecule has 110 valence electrons. The molecule has 2 aromatic rings. The molecule has 1 unspecified atom stereocenters. The summed E-state index contributed by atoms with van der Waals surface area (Å²) in [6, 6.07) is 14.0. The van der Waals surface area contributed by atoms with Gasteiger partial charge in [0.1, 0.15) is 0 Å². The van der Waals surface area contributed by atoms with Gasteiger partial charge in [-0.2, -0.15) is 0 Å². The molecular formula is C17H20N2O2. The number of nitrogens with zero attached hydrogens (tertiary/aromatic N) is 2. The highest BCUT2D eigenvalue weighted by Gasteiger charge is 2.16. The van der Waals surface area contributed by atoms with Crippen molar-refractivity contribution in [2.45, 2.75) is 20.0 Å². The van der Waals surface area contributed by atoms with E-state index in [1.54, 1.807) is 19.3 Å². The predicted octanol–water partition coefficient (Wildman–Crippen LogP) is 2.80. The Morgan fingerprint density at radius 1 is 1.10 bits per heavy atom. The minimum atomic E-state index is -0.761. The molecule has 4 heteroatoms. The van der Waals surface area contributed by atoms with E-state index in [0.29, 0.717) is 6.54 Å². The lowest BCUT2D eigenvalue weighted by Gasteiger charge is -2.24. The first-order valence-corrected chi connectivity index (χ1v) is 7.03. The van der Waals surface area contributed by atoms with Gasteiger partial charge in [0.25, 0.3) is 0 Å². The zero-order valence-electron chi connectivity index (χ0n) is 12.1. The van der Waals surface area contributed by atoms with Crippen LogP contribution in [-0.4, -0.2) is 27.5 Å². The van der Waals surface area contributed by atoms with Crippen LogP contribution in [0.4, 0.5) is 0 Å². The minimum absolute atomic E-state index is 0.393. The number of aliphatic carboxylic acids is 1. The molecule has 1 atom stereocenters. The van der Waals surface area contributed by atoms with Gasteiger partial charge in [-0.05, 0) is 23.3 Å². The second-order valence-corrected chi connectivity index (χ2v) is 5.25. The summed E-state index contributed by atoms with van der Waals surface area (Å²) in [6.07, 6.45) is 3.52. The summed E-state index contributed by atoms with van der Waals surface area (Å²) >= 11 is 0. The van der Waals surface area contributed by atoms with Crippen LogP contribution in [0, 0.1) is 5.92 Å². The number of rotatable bonds is 7. The number of aromatic nitrogens is 1. The molecule has 0 radical (unpaired) electrons. The molecule has 1 heterocycles. The first-order valence-electron chi connectivity index (χ1n) is 7.03. The molecular weight excluding hydrogens is 264 g/mol. The van der Waals surface area contributed by atoms with Crippen LogP contribution in [0.2, 0.25) is 0 Å². The van der Waals surface area contributed by atoms with Crippen molar-refractivity contribution < 1.29 is 9.90 Å². The fraction of sp³-hybridized carbons (Fsp3) is 0.294. The van der Waals surface area contributed by atoms with Crippen molar-refractivity contribution in [2.24, 2.45) is 5.92 Å². The van der Waals surface area contributed by atoms with Crippen LogP contribution in [0.15, 0.2) is 54.9 Å². The fourth-order valence-electron chi connectivity index (χ4n) is 2.24. The van der Waals surface area contributed by atoms with Crippen molar-refractivity contribution in [1.29, 1.82) is 0 Å². The fourth-order valence-corrected chi connectivity index (χ4v) is 2.24. The Labute approximate surface area is 125 Å². The maximum atomic E-state index is 11.1. The van der Waals surface area contributed by atoms with Crippen LogP contribution in [0.1, 0.15) is 18.1 Å². The number of carboxylic acid groups (broad SMARTS) is 1. The molecule has 0 saturated carbocycles. The van der Waals surface area contributed by atoms with Crippen LogP contribution < -0.4 is 0 Å². The van der Waals surface area contributed by atoms with Gasteiger partial charge in [0, 0.05) is 32.0 Å². The van der Waals surface area contributed by atoms with Crippen LogP contribution in [0.5, 0.6) is 0 Å². The number of carboxylic acids is 1. The normalized spacial score (nSPS) is 12.3. The molecule has 0 bridgehead atoms. The molecule has 4 nitrogen and oxygen atoms in total. The molecule has 0 saturated heterocycles. The minimum Gasteiger partial charge on any atom is -0.481 e. The molecule has 1 aromatic carbocycles. The van der Waals surface area contributed by atoms with E-state index in [4.69, 9.17) is 5.11 Å². The standard InChI is InChI=1S/C17H20N2O2/c1-14(17(20)21)11-19(12-15-5-3-2-4-6-15)13-16-7-9-18-10-8-16/h2-10,14H,11-13H2,1H3,(H,20,21). The second kappa shape index (κ2) is 7.55. The van der Waals surface area contributed by atoms with E-state index in [-0.39, 0.29) is 0 Å². The van der Waals surface area contributed by atoms with E-state index in [1.165, 1.54) is 5.56 Å². The van der Waals surface area contributed by atoms with Gasteiger partial charge in [-0.1, -0.05) is 37.3 Å². The van der Waals surface area contributed by atoms with Gasteiger partial charge in [-0.15, -0.1) is 0 Å². The molecule has 0 aliphatic heterocycles. The highest BCUT2D eigenvalue weighted by molar-refractivity contribution is 5.69. The van der Waals surface area contributed by atoms with Gasteiger partial charge in [0.15, 0.2) is 0 Å². The van der Waals surface area contributed by atoms with Gasteiger partial charge < -0.3 is 5.11 Å². The van der Waals surface area contributed by atoms with Crippen molar-refractivity contribution in [2.75, 3.05) is 6.54 Å². The summed E-state index contributed by atoms with van der Waals surface area (Å²) in [7, 11) is 0. The van der Waals surface area contributed by atoms with Crippen molar-refractivity contribution in [3.05, 3.63) is 66.0 Å². The second-order valence-electron chi connectivity index (χ2n) is 5.25. The van der Waals surface area contributed by atoms with Gasteiger partial charge >= 0.3 is 5.97 Å². The van der Waals surface area contributed by atoms with Crippen molar-refractivity contribution in [3.63, 3.8) is 0 Å². The predicted molar refractivity (Wildman–Crippen MR) is 81.6 cm³/mol. The highest BCUT2D eigenvalue weighted by Crippen LogP contribution is 2.12. The lowest BCUT2D eigenvalue weighted by molar-refractivity contribution is -0.141. The van der Waals surface area contributed by atoms with E-state index in [2.05, 4.69) is 22.0 Å². The van der Waals surface area contributed by atoms with Crippen molar-refractivity contribution >= 4 is 5.97 Å². The van der Waals surface area contributed by atoms with Crippen molar-refractivity contribution in [3.8, 4) is 0 Å². The molecule has 0 aliphatic carbocycles. The van der Waals surface area contributed by atoms with Gasteiger partial charge in [0.2, 0.25) is 0 Å². The van der Waals surface area contributed by atoms with E-state index in [9.17, 15) is 4.79 Å². The summed E-state index contributed by atoms with van der Waals surface area (Å²) in [5, 5.41) is 9.13. The summed E-state index contributed by atoms with van der Waals surface area (Å²) in [4.78, 5) is 17.3. The van der Waals surface area contributed by atoms with Crippen molar-refractivity contribution in [1.82, 2.24) is 9.88 Å². The maximum Gasteiger partial charge on any atom is 0.307 e. The lowest BCUT2D eigenvalue weighted by atomic mass is 10.1. The largest absolute Gasteiger partial charge is 0.481 e. The summed E-state index contributed by atoms with van der Waals surface area (Å²) in [5.41, 5.74) is 2.32. The third kappa shape index (κ3) is 5.00. The molecule has 21 heavy (non-hydrogen) atoms. The Hall–Kier alpha value is -2.20. The number of hydrogen-bond acceptors (Lipinski definition) is 3. The molecule has 1 aromatic heterocycles. The van der Waals surface area contributed by atoms with Gasteiger partial charge in [-0.25, -0.2) is 0 Å². The first kappa shape index (κ1) is 15.2. The number of benzene rings is 1. The van der Waals surface area contributed by atoms with E-state index < -0.39 is 11.9 Å². The Bertz CT molecular complexity index is 516. The summed E-state index contributed by atoms with van der Waals surface area (Å²) in [6.45, 7) is 3.72. The number of pyridine rings is 1. The first-order chi connectivity index (χ1) is 10.1. The molecule has 0 amide bonds. The van der Waals surface area contributed by atoms with E-state index >= 15 is 0 Å². The Balaban J connectivity index is 2.08. The quantitative estimate of drug-likeness (QED) is 0.849. The highest BCUT2D eigenvalue weighted by atomic mass is 16.4. The number of hydrogen-bond donors (Lipinski definition) is 1.